The van der Waals surface area contributed by atoms with E-state index < -0.39 is 0 Å². The Bertz CT molecular complexity index is 745. The van der Waals surface area contributed by atoms with Gasteiger partial charge in [0.25, 0.3) is 0 Å². The summed E-state index contributed by atoms with van der Waals surface area (Å²) in [7, 11) is 1.73. The van der Waals surface area contributed by atoms with Gasteiger partial charge < -0.3 is 26.2 Å². The zero-order chi connectivity index (χ0) is 19.6. The van der Waals surface area contributed by atoms with Crippen molar-refractivity contribution in [1.82, 2.24) is 10.3 Å². The maximum absolute atomic E-state index is 5.53. The fourth-order valence-corrected chi connectivity index (χ4v) is 2.43. The largest absolute Gasteiger partial charge is 0.384 e. The van der Waals surface area contributed by atoms with E-state index in [1.165, 1.54) is 0 Å². The highest BCUT2D eigenvalue weighted by Crippen LogP contribution is 2.13. The number of hydrogen-bond donors (Lipinski definition) is 3. The lowest BCUT2D eigenvalue weighted by atomic mass is 10.1. The van der Waals surface area contributed by atoms with Gasteiger partial charge in [-0.3, -0.25) is 0 Å². The molecule has 0 aromatic heterocycles. The van der Waals surface area contributed by atoms with E-state index in [-0.39, 0.29) is 5.82 Å². The van der Waals surface area contributed by atoms with Crippen molar-refractivity contribution in [2.75, 3.05) is 25.6 Å². The van der Waals surface area contributed by atoms with Crippen LogP contribution in [0, 0.1) is 0 Å². The standard InChI is InChI=1S/C20H28N6O/c1-15(10-22-14-26-12-19(13-26)27-4)20(16(2)11-23-17(3)21)25-24-18-8-6-5-7-9-18/h5-11,14,19,24-25H,3,12-13,21H2,1-2,4H3/b15-10+,20-16?,22-14?,23-11?. The molecule has 2 rings (SSSR count). The minimum Gasteiger partial charge on any atom is -0.384 e. The van der Waals surface area contributed by atoms with Gasteiger partial charge in [0, 0.05) is 32.6 Å². The minimum atomic E-state index is 0.259. The molecule has 1 saturated heterocycles. The number of aliphatic imine (C=N–C) groups is 2. The van der Waals surface area contributed by atoms with Crippen molar-refractivity contribution in [1.29, 1.82) is 0 Å². The summed E-state index contributed by atoms with van der Waals surface area (Å²) in [5.74, 6) is 0.259. The van der Waals surface area contributed by atoms with Gasteiger partial charge in [-0.1, -0.05) is 24.8 Å². The van der Waals surface area contributed by atoms with Crippen molar-refractivity contribution in [2.45, 2.75) is 20.0 Å². The Kier molecular flexibility index (Phi) is 7.63. The van der Waals surface area contributed by atoms with Crippen LogP contribution in [0.1, 0.15) is 13.8 Å². The van der Waals surface area contributed by atoms with Gasteiger partial charge in [-0.2, -0.15) is 0 Å². The number of rotatable bonds is 9. The molecule has 0 bridgehead atoms. The van der Waals surface area contributed by atoms with Crippen molar-refractivity contribution in [3.05, 3.63) is 65.8 Å². The number of anilines is 1. The van der Waals surface area contributed by atoms with E-state index in [1.807, 2.05) is 56.7 Å². The van der Waals surface area contributed by atoms with Crippen molar-refractivity contribution in [2.24, 2.45) is 15.7 Å². The van der Waals surface area contributed by atoms with Gasteiger partial charge in [-0.25, -0.2) is 9.98 Å². The molecule has 1 aliphatic heterocycles. The SMILES string of the molecule is C=C(N)N=CC(C)=C(NNc1ccccc1)/C(C)=C/N=CN1CC(OC)C1. The van der Waals surface area contributed by atoms with Gasteiger partial charge >= 0.3 is 0 Å². The molecule has 0 amide bonds. The molecule has 7 nitrogen and oxygen atoms in total. The van der Waals surface area contributed by atoms with Crippen molar-refractivity contribution >= 4 is 18.2 Å². The molecular weight excluding hydrogens is 340 g/mol. The predicted molar refractivity (Wildman–Crippen MR) is 112 cm³/mol. The molecule has 0 unspecified atom stereocenters. The molecule has 0 atom stereocenters. The molecule has 1 aliphatic rings. The second-order valence-corrected chi connectivity index (χ2v) is 6.31. The number of likely N-dealkylation sites (tertiary alicyclic amines) is 1. The van der Waals surface area contributed by atoms with Gasteiger partial charge in [0.15, 0.2) is 0 Å². The molecule has 27 heavy (non-hydrogen) atoms. The number of nitrogens with zero attached hydrogens (tertiary/aromatic N) is 3. The van der Waals surface area contributed by atoms with Gasteiger partial charge in [0.2, 0.25) is 0 Å². The van der Waals surface area contributed by atoms with Crippen LogP contribution in [-0.4, -0.2) is 43.8 Å². The average Bonchev–Trinajstić information content (AvgIpc) is 2.62. The van der Waals surface area contributed by atoms with Crippen LogP contribution in [0.25, 0.3) is 0 Å². The summed E-state index contributed by atoms with van der Waals surface area (Å²) in [4.78, 5) is 10.6. The molecule has 1 heterocycles. The Hall–Kier alpha value is -3.06. The normalized spacial score (nSPS) is 16.4. The van der Waals surface area contributed by atoms with E-state index >= 15 is 0 Å². The van der Waals surface area contributed by atoms with Gasteiger partial charge in [0.1, 0.15) is 5.82 Å². The van der Waals surface area contributed by atoms with Crippen molar-refractivity contribution < 1.29 is 4.74 Å². The van der Waals surface area contributed by atoms with Crippen LogP contribution in [0.15, 0.2) is 75.8 Å². The third kappa shape index (κ3) is 6.63. The summed E-state index contributed by atoms with van der Waals surface area (Å²) in [6.07, 6.45) is 5.62. The first-order valence-electron chi connectivity index (χ1n) is 8.73. The van der Waals surface area contributed by atoms with Crippen molar-refractivity contribution in [3.63, 3.8) is 0 Å². The van der Waals surface area contributed by atoms with Crippen molar-refractivity contribution in [3.8, 4) is 0 Å². The highest BCUT2D eigenvalue weighted by atomic mass is 16.5. The number of benzene rings is 1. The smallest absolute Gasteiger partial charge is 0.116 e. The highest BCUT2D eigenvalue weighted by molar-refractivity contribution is 5.80. The molecule has 1 aromatic carbocycles. The predicted octanol–water partition coefficient (Wildman–Crippen LogP) is 2.64. The molecule has 144 valence electrons. The topological polar surface area (TPSA) is 87.3 Å². The lowest BCUT2D eigenvalue weighted by Gasteiger charge is -2.36. The van der Waals surface area contributed by atoms with E-state index in [0.717, 1.165) is 35.6 Å². The molecule has 1 fully saturated rings. The molecule has 7 heteroatoms. The monoisotopic (exact) mass is 368 g/mol. The van der Waals surface area contributed by atoms with Gasteiger partial charge in [-0.15, -0.1) is 0 Å². The molecule has 1 aromatic rings. The second-order valence-electron chi connectivity index (χ2n) is 6.31. The van der Waals surface area contributed by atoms with E-state index in [0.29, 0.717) is 6.10 Å². The molecule has 0 aliphatic carbocycles. The number of nitrogens with two attached hydrogens (primary N) is 1. The number of methoxy groups -OCH3 is 1. The number of allylic oxidation sites excluding steroid dienone is 2. The van der Waals surface area contributed by atoms with E-state index in [9.17, 15) is 0 Å². The van der Waals surface area contributed by atoms with E-state index in [1.54, 1.807) is 13.3 Å². The second kappa shape index (κ2) is 10.2. The number of hydrogen-bond acceptors (Lipinski definition) is 6. The van der Waals surface area contributed by atoms with Gasteiger partial charge in [-0.05, 0) is 37.1 Å². The molecular formula is C20H28N6O. The maximum Gasteiger partial charge on any atom is 0.116 e. The number of hydrazine groups is 1. The first-order chi connectivity index (χ1) is 13.0. The van der Waals surface area contributed by atoms with E-state index in [2.05, 4.69) is 32.3 Å². The lowest BCUT2D eigenvalue weighted by Crippen LogP contribution is -2.50. The van der Waals surface area contributed by atoms with Crippen LogP contribution in [0.4, 0.5) is 5.69 Å². The highest BCUT2D eigenvalue weighted by Gasteiger charge is 2.23. The van der Waals surface area contributed by atoms with Crippen LogP contribution in [0.5, 0.6) is 0 Å². The maximum atomic E-state index is 5.53. The Morgan fingerprint density at radius 1 is 1.30 bits per heavy atom. The average molecular weight is 368 g/mol. The number of nitrogens with one attached hydrogen (secondary N) is 2. The Morgan fingerprint density at radius 3 is 2.63 bits per heavy atom. The molecule has 0 saturated carbocycles. The number of ether oxygens (including phenoxy) is 1. The summed E-state index contributed by atoms with van der Waals surface area (Å²) in [5, 5.41) is 0. The Balaban J connectivity index is 2.10. The molecule has 0 radical (unpaired) electrons. The van der Waals surface area contributed by atoms with E-state index in [4.69, 9.17) is 10.5 Å². The minimum absolute atomic E-state index is 0.259. The summed E-state index contributed by atoms with van der Waals surface area (Å²) in [6, 6.07) is 9.85. The van der Waals surface area contributed by atoms with Crippen LogP contribution < -0.4 is 16.6 Å². The summed E-state index contributed by atoms with van der Waals surface area (Å²) < 4.78 is 5.26. The summed E-state index contributed by atoms with van der Waals surface area (Å²) in [6.45, 7) is 9.25. The zero-order valence-corrected chi connectivity index (χ0v) is 16.1. The third-order valence-electron chi connectivity index (χ3n) is 4.03. The third-order valence-corrected chi connectivity index (χ3v) is 4.03. The molecule has 4 N–H and O–H groups in total. The fraction of sp³-hybridized carbons (Fsp3) is 0.300. The van der Waals surface area contributed by atoms with Gasteiger partial charge in [0.05, 0.1) is 23.8 Å². The fourth-order valence-electron chi connectivity index (χ4n) is 2.43. The lowest BCUT2D eigenvalue weighted by molar-refractivity contribution is 0.00827. The zero-order valence-electron chi connectivity index (χ0n) is 16.1. The first-order valence-corrected chi connectivity index (χ1v) is 8.73. The quantitative estimate of drug-likeness (QED) is 0.270. The Morgan fingerprint density at radius 2 is 2.00 bits per heavy atom. The first kappa shape index (κ1) is 20.3. The number of para-hydroxylation sites is 1. The van der Waals surface area contributed by atoms with Crippen LogP contribution >= 0.6 is 0 Å². The van der Waals surface area contributed by atoms with Crippen LogP contribution in [0.3, 0.4) is 0 Å². The Labute approximate surface area is 161 Å². The van der Waals surface area contributed by atoms with Crippen LogP contribution in [-0.2, 0) is 4.74 Å². The summed E-state index contributed by atoms with van der Waals surface area (Å²) in [5.41, 5.74) is 15.6. The summed E-state index contributed by atoms with van der Waals surface area (Å²) >= 11 is 0. The molecule has 0 spiro atoms. The van der Waals surface area contributed by atoms with Crippen LogP contribution in [0.2, 0.25) is 0 Å².